The molecule has 3 nitrogen and oxygen atoms in total. The van der Waals surface area contributed by atoms with Crippen LogP contribution < -0.4 is 0 Å². The molecule has 0 spiro atoms. The fourth-order valence-electron chi connectivity index (χ4n) is 2.18. The second-order valence-electron chi connectivity index (χ2n) is 4.90. The van der Waals surface area contributed by atoms with E-state index in [-0.39, 0.29) is 17.3 Å². The first kappa shape index (κ1) is 14.8. The minimum Gasteiger partial charge on any atom is -0.392 e. The van der Waals surface area contributed by atoms with Gasteiger partial charge in [-0.2, -0.15) is 0 Å². The van der Waals surface area contributed by atoms with Crippen LogP contribution in [-0.4, -0.2) is 45.6 Å². The number of rotatable bonds is 5. The summed E-state index contributed by atoms with van der Waals surface area (Å²) in [5.41, 5.74) is 0. The Balaban J connectivity index is 2.40. The Kier molecular flexibility index (Phi) is 6.34. The molecule has 0 aliphatic carbocycles. The van der Waals surface area contributed by atoms with Gasteiger partial charge in [-0.05, 0) is 32.6 Å². The molecule has 100 valence electrons. The van der Waals surface area contributed by atoms with Crippen LogP contribution in [0.4, 0.5) is 0 Å². The molecular formula is C13H25NO2S. The number of hydrogen-bond donors (Lipinski definition) is 1. The molecule has 3 unspecified atom stereocenters. The molecule has 1 amide bonds. The maximum Gasteiger partial charge on any atom is 0.232 e. The number of thioether (sulfide) groups is 1. The lowest BCUT2D eigenvalue weighted by Crippen LogP contribution is -2.44. The predicted molar refractivity (Wildman–Crippen MR) is 73.2 cm³/mol. The maximum absolute atomic E-state index is 12.1. The van der Waals surface area contributed by atoms with Crippen molar-refractivity contribution < 1.29 is 9.90 Å². The van der Waals surface area contributed by atoms with E-state index in [1.54, 1.807) is 18.7 Å². The van der Waals surface area contributed by atoms with E-state index in [1.807, 2.05) is 11.8 Å². The molecular weight excluding hydrogens is 234 g/mol. The maximum atomic E-state index is 12.1. The first-order valence-electron chi connectivity index (χ1n) is 6.65. The van der Waals surface area contributed by atoms with Crippen molar-refractivity contribution in [2.45, 2.75) is 63.9 Å². The first-order chi connectivity index (χ1) is 8.06. The predicted octanol–water partition coefficient (Wildman–Crippen LogP) is 2.28. The lowest BCUT2D eigenvalue weighted by atomic mass is 10.0. The monoisotopic (exact) mass is 259 g/mol. The number of carbonyl (C=O) groups excluding carboxylic acids is 1. The standard InChI is InChI=1S/C13H25NO2S/c1-4-12-7-5-6-8-14(12)13(16)9-17-11(3)10(2)15/h10-12,15H,4-9H2,1-3H3. The van der Waals surface area contributed by atoms with Crippen LogP contribution >= 0.6 is 11.8 Å². The van der Waals surface area contributed by atoms with Gasteiger partial charge in [0, 0.05) is 17.8 Å². The molecule has 0 bridgehead atoms. The van der Waals surface area contributed by atoms with Crippen molar-refractivity contribution in [2.75, 3.05) is 12.3 Å². The van der Waals surface area contributed by atoms with Crippen LogP contribution in [-0.2, 0) is 4.79 Å². The zero-order valence-electron chi connectivity index (χ0n) is 11.2. The fraction of sp³-hybridized carbons (Fsp3) is 0.923. The zero-order chi connectivity index (χ0) is 12.8. The Bertz CT molecular complexity index is 246. The number of aliphatic hydroxyl groups excluding tert-OH is 1. The Morgan fingerprint density at radius 1 is 1.47 bits per heavy atom. The van der Waals surface area contributed by atoms with E-state index in [2.05, 4.69) is 6.92 Å². The molecule has 0 saturated carbocycles. The van der Waals surface area contributed by atoms with Crippen molar-refractivity contribution in [2.24, 2.45) is 0 Å². The van der Waals surface area contributed by atoms with Crippen molar-refractivity contribution in [3.05, 3.63) is 0 Å². The summed E-state index contributed by atoms with van der Waals surface area (Å²) in [7, 11) is 0. The third-order valence-corrected chi connectivity index (χ3v) is 4.90. The Morgan fingerprint density at radius 3 is 2.76 bits per heavy atom. The van der Waals surface area contributed by atoms with Gasteiger partial charge in [-0.3, -0.25) is 4.79 Å². The summed E-state index contributed by atoms with van der Waals surface area (Å²) in [6.07, 6.45) is 4.25. The van der Waals surface area contributed by atoms with Crippen molar-refractivity contribution in [1.29, 1.82) is 0 Å². The van der Waals surface area contributed by atoms with Gasteiger partial charge in [0.1, 0.15) is 0 Å². The topological polar surface area (TPSA) is 40.5 Å². The molecule has 1 N–H and O–H groups in total. The third kappa shape index (κ3) is 4.51. The summed E-state index contributed by atoms with van der Waals surface area (Å²) >= 11 is 1.56. The minimum absolute atomic E-state index is 0.129. The van der Waals surface area contributed by atoms with Gasteiger partial charge in [-0.15, -0.1) is 11.8 Å². The number of likely N-dealkylation sites (tertiary alicyclic amines) is 1. The van der Waals surface area contributed by atoms with Crippen LogP contribution in [0, 0.1) is 0 Å². The van der Waals surface area contributed by atoms with Gasteiger partial charge in [0.2, 0.25) is 5.91 Å². The molecule has 1 aliphatic heterocycles. The van der Waals surface area contributed by atoms with Gasteiger partial charge in [-0.25, -0.2) is 0 Å². The average Bonchev–Trinajstić information content (AvgIpc) is 2.35. The highest BCUT2D eigenvalue weighted by Gasteiger charge is 2.25. The number of hydrogen-bond acceptors (Lipinski definition) is 3. The van der Waals surface area contributed by atoms with Crippen LogP contribution in [0.15, 0.2) is 0 Å². The molecule has 0 aromatic rings. The molecule has 1 fully saturated rings. The number of carbonyl (C=O) groups is 1. The SMILES string of the molecule is CCC1CCCCN1C(=O)CSC(C)C(C)O. The van der Waals surface area contributed by atoms with Gasteiger partial charge in [-0.1, -0.05) is 13.8 Å². The van der Waals surface area contributed by atoms with E-state index in [0.29, 0.717) is 11.8 Å². The van der Waals surface area contributed by atoms with Gasteiger partial charge < -0.3 is 10.0 Å². The molecule has 1 saturated heterocycles. The molecule has 17 heavy (non-hydrogen) atoms. The highest BCUT2D eigenvalue weighted by Crippen LogP contribution is 2.22. The van der Waals surface area contributed by atoms with E-state index >= 15 is 0 Å². The first-order valence-corrected chi connectivity index (χ1v) is 7.70. The summed E-state index contributed by atoms with van der Waals surface area (Å²) in [4.78, 5) is 14.2. The summed E-state index contributed by atoms with van der Waals surface area (Å²) in [6, 6.07) is 0.443. The molecule has 3 atom stereocenters. The van der Waals surface area contributed by atoms with Gasteiger partial charge >= 0.3 is 0 Å². The lowest BCUT2D eigenvalue weighted by Gasteiger charge is -2.35. The lowest BCUT2D eigenvalue weighted by molar-refractivity contribution is -0.132. The number of nitrogens with zero attached hydrogens (tertiary/aromatic N) is 1. The normalized spacial score (nSPS) is 24.5. The molecule has 1 rings (SSSR count). The Hall–Kier alpha value is -0.220. The molecule has 0 aromatic heterocycles. The smallest absolute Gasteiger partial charge is 0.232 e. The quantitative estimate of drug-likeness (QED) is 0.823. The molecule has 0 radical (unpaired) electrons. The fourth-order valence-corrected chi connectivity index (χ4v) is 3.03. The van der Waals surface area contributed by atoms with Gasteiger partial charge in [0.25, 0.3) is 0 Å². The van der Waals surface area contributed by atoms with Crippen LogP contribution in [0.3, 0.4) is 0 Å². The van der Waals surface area contributed by atoms with E-state index < -0.39 is 0 Å². The number of aliphatic hydroxyl groups is 1. The van der Waals surface area contributed by atoms with Crippen LogP contribution in [0.5, 0.6) is 0 Å². The largest absolute Gasteiger partial charge is 0.392 e. The minimum atomic E-state index is -0.351. The van der Waals surface area contributed by atoms with Gasteiger partial charge in [0.15, 0.2) is 0 Å². The van der Waals surface area contributed by atoms with E-state index in [1.165, 1.54) is 6.42 Å². The van der Waals surface area contributed by atoms with Crippen molar-refractivity contribution in [1.82, 2.24) is 4.90 Å². The summed E-state index contributed by atoms with van der Waals surface area (Å²) in [6.45, 7) is 6.82. The second-order valence-corrected chi connectivity index (χ2v) is 6.27. The summed E-state index contributed by atoms with van der Waals surface area (Å²) in [5.74, 6) is 0.747. The van der Waals surface area contributed by atoms with Crippen LogP contribution in [0.1, 0.15) is 46.5 Å². The molecule has 4 heteroatoms. The zero-order valence-corrected chi connectivity index (χ0v) is 12.0. The molecule has 1 aliphatic rings. The highest BCUT2D eigenvalue weighted by atomic mass is 32.2. The van der Waals surface area contributed by atoms with Crippen LogP contribution in [0.2, 0.25) is 0 Å². The average molecular weight is 259 g/mol. The molecule has 1 heterocycles. The third-order valence-electron chi connectivity index (χ3n) is 3.57. The Morgan fingerprint density at radius 2 is 2.18 bits per heavy atom. The van der Waals surface area contributed by atoms with E-state index in [0.717, 1.165) is 25.8 Å². The Labute approximate surface area is 109 Å². The van der Waals surface area contributed by atoms with E-state index in [9.17, 15) is 9.90 Å². The highest BCUT2D eigenvalue weighted by molar-refractivity contribution is 8.00. The van der Waals surface area contributed by atoms with Crippen LogP contribution in [0.25, 0.3) is 0 Å². The second kappa shape index (κ2) is 7.27. The number of piperidine rings is 1. The van der Waals surface area contributed by atoms with Crippen molar-refractivity contribution in [3.8, 4) is 0 Å². The molecule has 0 aromatic carbocycles. The van der Waals surface area contributed by atoms with E-state index in [4.69, 9.17) is 0 Å². The summed E-state index contributed by atoms with van der Waals surface area (Å²) < 4.78 is 0. The van der Waals surface area contributed by atoms with Crippen molar-refractivity contribution in [3.63, 3.8) is 0 Å². The van der Waals surface area contributed by atoms with Crippen molar-refractivity contribution >= 4 is 17.7 Å². The number of amides is 1. The summed E-state index contributed by atoms with van der Waals surface area (Å²) in [5, 5.41) is 9.53. The van der Waals surface area contributed by atoms with Gasteiger partial charge in [0.05, 0.1) is 11.9 Å².